The van der Waals surface area contributed by atoms with E-state index in [1.165, 1.54) is 6.08 Å². The maximum absolute atomic E-state index is 12.2. The molecule has 0 aliphatic carbocycles. The second-order valence-electron chi connectivity index (χ2n) is 5.16. The highest BCUT2D eigenvalue weighted by molar-refractivity contribution is 5.91. The molecule has 0 N–H and O–H groups in total. The molecule has 0 radical (unpaired) electrons. The first-order chi connectivity index (χ1) is 11.0. The van der Waals surface area contributed by atoms with Gasteiger partial charge in [-0.15, -0.1) is 0 Å². The number of benzene rings is 1. The number of carbonyl (C=O) groups excluding carboxylic acids is 1. The normalized spacial score (nSPS) is 10.8. The van der Waals surface area contributed by atoms with Gasteiger partial charge in [0.2, 0.25) is 5.91 Å². The Labute approximate surface area is 135 Å². The van der Waals surface area contributed by atoms with Crippen LogP contribution in [0.5, 0.6) is 11.5 Å². The lowest BCUT2D eigenvalue weighted by atomic mass is 10.2. The summed E-state index contributed by atoms with van der Waals surface area (Å²) in [5, 5.41) is 4.09. The lowest BCUT2D eigenvalue weighted by Crippen LogP contribution is -2.23. The lowest BCUT2D eigenvalue weighted by molar-refractivity contribution is -0.125. The Hall–Kier alpha value is -2.76. The van der Waals surface area contributed by atoms with Crippen LogP contribution in [0, 0.1) is 0 Å². The molecule has 0 fully saturated rings. The Morgan fingerprint density at radius 2 is 2.04 bits per heavy atom. The van der Waals surface area contributed by atoms with Gasteiger partial charge in [-0.05, 0) is 23.8 Å². The summed E-state index contributed by atoms with van der Waals surface area (Å²) in [6.45, 7) is 0.517. The monoisotopic (exact) mass is 315 g/mol. The SMILES string of the molecule is COc1ccc(/C=C/C(=O)N(C)Cc2cnn(C)c2)cc1OC. The molecule has 1 aromatic carbocycles. The summed E-state index contributed by atoms with van der Waals surface area (Å²) >= 11 is 0. The number of hydrogen-bond donors (Lipinski definition) is 0. The molecule has 1 heterocycles. The number of likely N-dealkylation sites (N-methyl/N-ethyl adjacent to an activating group) is 1. The van der Waals surface area contributed by atoms with Gasteiger partial charge in [0.25, 0.3) is 0 Å². The molecule has 122 valence electrons. The largest absolute Gasteiger partial charge is 0.493 e. The standard InChI is InChI=1S/C17H21N3O3/c1-19(11-14-10-18-20(2)12-14)17(21)8-6-13-5-7-15(22-3)16(9-13)23-4/h5-10,12H,11H2,1-4H3/b8-6+. The third-order valence-corrected chi connectivity index (χ3v) is 3.38. The summed E-state index contributed by atoms with van der Waals surface area (Å²) < 4.78 is 12.2. The molecule has 0 aliphatic heterocycles. The van der Waals surface area contributed by atoms with Gasteiger partial charge in [-0.25, -0.2) is 0 Å². The molecule has 0 saturated carbocycles. The van der Waals surface area contributed by atoms with Crippen molar-refractivity contribution in [3.8, 4) is 11.5 Å². The van der Waals surface area contributed by atoms with Crippen LogP contribution in [0.1, 0.15) is 11.1 Å². The van der Waals surface area contributed by atoms with Crippen molar-refractivity contribution in [3.63, 3.8) is 0 Å². The second-order valence-corrected chi connectivity index (χ2v) is 5.16. The van der Waals surface area contributed by atoms with Crippen LogP contribution in [0.4, 0.5) is 0 Å². The molecule has 0 aliphatic rings. The van der Waals surface area contributed by atoms with Gasteiger partial charge in [0.05, 0.1) is 20.4 Å². The van der Waals surface area contributed by atoms with E-state index < -0.39 is 0 Å². The highest BCUT2D eigenvalue weighted by atomic mass is 16.5. The van der Waals surface area contributed by atoms with Crippen LogP contribution < -0.4 is 9.47 Å². The van der Waals surface area contributed by atoms with E-state index in [0.29, 0.717) is 18.0 Å². The Morgan fingerprint density at radius 1 is 1.30 bits per heavy atom. The van der Waals surface area contributed by atoms with E-state index in [-0.39, 0.29) is 5.91 Å². The van der Waals surface area contributed by atoms with Crippen molar-refractivity contribution in [2.45, 2.75) is 6.54 Å². The third kappa shape index (κ3) is 4.35. The van der Waals surface area contributed by atoms with Crippen LogP contribution in [0.2, 0.25) is 0 Å². The van der Waals surface area contributed by atoms with Gasteiger partial charge in [-0.1, -0.05) is 6.07 Å². The molecule has 0 spiro atoms. The fraction of sp³-hybridized carbons (Fsp3) is 0.294. The lowest BCUT2D eigenvalue weighted by Gasteiger charge is -2.13. The quantitative estimate of drug-likeness (QED) is 0.766. The van der Waals surface area contributed by atoms with E-state index in [2.05, 4.69) is 5.10 Å². The van der Waals surface area contributed by atoms with Gasteiger partial charge in [-0.3, -0.25) is 9.48 Å². The summed E-state index contributed by atoms with van der Waals surface area (Å²) in [6.07, 6.45) is 6.94. The Kier molecular flexibility index (Phi) is 5.41. The van der Waals surface area contributed by atoms with Crippen molar-refractivity contribution < 1.29 is 14.3 Å². The van der Waals surface area contributed by atoms with E-state index >= 15 is 0 Å². The van der Waals surface area contributed by atoms with E-state index in [9.17, 15) is 4.79 Å². The van der Waals surface area contributed by atoms with Gasteiger partial charge in [-0.2, -0.15) is 5.10 Å². The molecule has 0 bridgehead atoms. The molecular weight excluding hydrogens is 294 g/mol. The number of ether oxygens (including phenoxy) is 2. The molecule has 0 saturated heterocycles. The molecule has 2 aromatic rings. The number of aryl methyl sites for hydroxylation is 1. The first-order valence-corrected chi connectivity index (χ1v) is 7.16. The number of carbonyl (C=O) groups is 1. The zero-order valence-corrected chi connectivity index (χ0v) is 13.8. The van der Waals surface area contributed by atoms with Crippen LogP contribution in [-0.2, 0) is 18.4 Å². The highest BCUT2D eigenvalue weighted by Crippen LogP contribution is 2.27. The highest BCUT2D eigenvalue weighted by Gasteiger charge is 2.08. The van der Waals surface area contributed by atoms with Crippen LogP contribution >= 0.6 is 0 Å². The first-order valence-electron chi connectivity index (χ1n) is 7.16. The maximum atomic E-state index is 12.2. The average molecular weight is 315 g/mol. The number of rotatable bonds is 6. The maximum Gasteiger partial charge on any atom is 0.246 e. The van der Waals surface area contributed by atoms with Crippen molar-refractivity contribution in [3.05, 3.63) is 47.8 Å². The van der Waals surface area contributed by atoms with Gasteiger partial charge >= 0.3 is 0 Å². The number of nitrogens with zero attached hydrogens (tertiary/aromatic N) is 3. The summed E-state index contributed by atoms with van der Waals surface area (Å²) in [5.74, 6) is 1.21. The second kappa shape index (κ2) is 7.49. The molecule has 0 atom stereocenters. The van der Waals surface area contributed by atoms with Crippen LogP contribution in [-0.4, -0.2) is 41.9 Å². The minimum absolute atomic E-state index is 0.0800. The van der Waals surface area contributed by atoms with Crippen LogP contribution in [0.3, 0.4) is 0 Å². The fourth-order valence-electron chi connectivity index (χ4n) is 2.16. The molecule has 6 heteroatoms. The Balaban J connectivity index is 2.02. The summed E-state index contributed by atoms with van der Waals surface area (Å²) in [7, 11) is 6.78. The zero-order valence-electron chi connectivity index (χ0n) is 13.8. The first kappa shape index (κ1) is 16.6. The van der Waals surface area contributed by atoms with E-state index in [4.69, 9.17) is 9.47 Å². The number of methoxy groups -OCH3 is 2. The summed E-state index contributed by atoms with van der Waals surface area (Å²) in [6, 6.07) is 5.50. The van der Waals surface area contributed by atoms with E-state index in [0.717, 1.165) is 11.1 Å². The van der Waals surface area contributed by atoms with E-state index in [1.807, 2.05) is 31.4 Å². The minimum Gasteiger partial charge on any atom is -0.493 e. The molecule has 0 unspecified atom stereocenters. The van der Waals surface area contributed by atoms with Gasteiger partial charge in [0.1, 0.15) is 0 Å². The number of amides is 1. The topological polar surface area (TPSA) is 56.6 Å². The van der Waals surface area contributed by atoms with Crippen molar-refractivity contribution in [1.29, 1.82) is 0 Å². The van der Waals surface area contributed by atoms with Crippen molar-refractivity contribution >= 4 is 12.0 Å². The van der Waals surface area contributed by atoms with Crippen molar-refractivity contribution in [2.75, 3.05) is 21.3 Å². The number of aromatic nitrogens is 2. The molecule has 1 aromatic heterocycles. The van der Waals surface area contributed by atoms with E-state index in [1.54, 1.807) is 43.1 Å². The van der Waals surface area contributed by atoms with Crippen molar-refractivity contribution in [1.82, 2.24) is 14.7 Å². The smallest absolute Gasteiger partial charge is 0.246 e. The zero-order chi connectivity index (χ0) is 16.8. The Bertz CT molecular complexity index is 707. The molecule has 1 amide bonds. The summed E-state index contributed by atoms with van der Waals surface area (Å²) in [5.41, 5.74) is 1.86. The predicted octanol–water partition coefficient (Wildman–Crippen LogP) is 2.11. The molecule has 6 nitrogen and oxygen atoms in total. The van der Waals surface area contributed by atoms with Crippen molar-refractivity contribution in [2.24, 2.45) is 7.05 Å². The third-order valence-electron chi connectivity index (χ3n) is 3.38. The minimum atomic E-state index is -0.0800. The fourth-order valence-corrected chi connectivity index (χ4v) is 2.16. The predicted molar refractivity (Wildman–Crippen MR) is 88.3 cm³/mol. The van der Waals surface area contributed by atoms with Crippen LogP contribution in [0.25, 0.3) is 6.08 Å². The van der Waals surface area contributed by atoms with Gasteiger partial charge < -0.3 is 14.4 Å². The number of hydrogen-bond acceptors (Lipinski definition) is 4. The average Bonchev–Trinajstić information content (AvgIpc) is 2.96. The Morgan fingerprint density at radius 3 is 2.65 bits per heavy atom. The van der Waals surface area contributed by atoms with Crippen LogP contribution in [0.15, 0.2) is 36.7 Å². The van der Waals surface area contributed by atoms with Gasteiger partial charge in [0, 0.05) is 38.5 Å². The molecular formula is C17H21N3O3. The molecule has 2 rings (SSSR count). The molecule has 23 heavy (non-hydrogen) atoms. The summed E-state index contributed by atoms with van der Waals surface area (Å²) in [4.78, 5) is 13.8. The van der Waals surface area contributed by atoms with Gasteiger partial charge in [0.15, 0.2) is 11.5 Å².